The van der Waals surface area contributed by atoms with Gasteiger partial charge in [-0.2, -0.15) is 0 Å². The molecular formula is C21H26N2O. The highest BCUT2D eigenvalue weighted by atomic mass is 16.1. The molecule has 1 aliphatic heterocycles. The molecule has 126 valence electrons. The predicted molar refractivity (Wildman–Crippen MR) is 97.8 cm³/mol. The number of hydrogen-bond acceptors (Lipinski definition) is 2. The van der Waals surface area contributed by atoms with E-state index in [0.717, 1.165) is 39.0 Å². The van der Waals surface area contributed by atoms with Crippen LogP contribution in [0.4, 0.5) is 0 Å². The Morgan fingerprint density at radius 2 is 1.58 bits per heavy atom. The molecular weight excluding hydrogens is 296 g/mol. The molecule has 0 aromatic heterocycles. The largest absolute Gasteiger partial charge is 0.355 e. The maximum atomic E-state index is 11.4. The molecule has 0 unspecified atom stereocenters. The van der Waals surface area contributed by atoms with E-state index in [0.29, 0.717) is 0 Å². The van der Waals surface area contributed by atoms with Crippen LogP contribution in [0.25, 0.3) is 0 Å². The van der Waals surface area contributed by atoms with Crippen molar-refractivity contribution in [3.8, 4) is 0 Å². The number of carbonyl (C=O) groups excluding carboxylic acids is 1. The van der Waals surface area contributed by atoms with Gasteiger partial charge in [-0.05, 0) is 37.1 Å². The van der Waals surface area contributed by atoms with Crippen LogP contribution in [0.5, 0.6) is 0 Å². The van der Waals surface area contributed by atoms with Gasteiger partial charge in [-0.25, -0.2) is 0 Å². The van der Waals surface area contributed by atoms with Crippen molar-refractivity contribution in [2.45, 2.75) is 31.7 Å². The maximum Gasteiger partial charge on any atom is 0.216 e. The molecule has 0 atom stereocenters. The van der Waals surface area contributed by atoms with E-state index in [9.17, 15) is 4.79 Å². The lowest BCUT2D eigenvalue weighted by atomic mass is 9.72. The molecule has 3 rings (SSSR count). The van der Waals surface area contributed by atoms with Crippen LogP contribution < -0.4 is 5.32 Å². The molecule has 1 fully saturated rings. The number of hydrogen-bond donors (Lipinski definition) is 1. The molecule has 2 aromatic carbocycles. The van der Waals surface area contributed by atoms with Gasteiger partial charge in [-0.3, -0.25) is 9.69 Å². The fourth-order valence-electron chi connectivity index (χ4n) is 3.63. The zero-order valence-corrected chi connectivity index (χ0v) is 14.4. The average Bonchev–Trinajstić information content (AvgIpc) is 2.63. The van der Waals surface area contributed by atoms with E-state index in [-0.39, 0.29) is 11.3 Å². The summed E-state index contributed by atoms with van der Waals surface area (Å²) < 4.78 is 0. The second kappa shape index (κ2) is 7.63. The van der Waals surface area contributed by atoms with Crippen molar-refractivity contribution < 1.29 is 4.79 Å². The lowest BCUT2D eigenvalue weighted by Crippen LogP contribution is -2.48. The first-order valence-electron chi connectivity index (χ1n) is 8.74. The van der Waals surface area contributed by atoms with Crippen LogP contribution in [0.1, 0.15) is 30.9 Å². The summed E-state index contributed by atoms with van der Waals surface area (Å²) in [5.41, 5.74) is 2.77. The molecule has 1 saturated heterocycles. The van der Waals surface area contributed by atoms with Crippen LogP contribution in [-0.4, -0.2) is 30.4 Å². The number of nitrogens with zero attached hydrogens (tertiary/aromatic N) is 1. The van der Waals surface area contributed by atoms with Crippen LogP contribution in [0, 0.1) is 0 Å². The van der Waals surface area contributed by atoms with Crippen molar-refractivity contribution in [2.75, 3.05) is 19.6 Å². The molecule has 1 heterocycles. The first-order valence-corrected chi connectivity index (χ1v) is 8.74. The lowest BCUT2D eigenvalue weighted by Gasteiger charge is -2.42. The number of carbonyl (C=O) groups is 1. The third-order valence-corrected chi connectivity index (χ3v) is 5.12. The topological polar surface area (TPSA) is 32.3 Å². The summed E-state index contributed by atoms with van der Waals surface area (Å²) in [5.74, 6) is 0.0528. The number of piperidine rings is 1. The van der Waals surface area contributed by atoms with Crippen molar-refractivity contribution in [1.82, 2.24) is 10.2 Å². The third-order valence-electron chi connectivity index (χ3n) is 5.12. The second-order valence-corrected chi connectivity index (χ2v) is 6.82. The van der Waals surface area contributed by atoms with Crippen molar-refractivity contribution in [3.63, 3.8) is 0 Å². The van der Waals surface area contributed by atoms with Gasteiger partial charge in [0, 0.05) is 25.4 Å². The molecule has 3 nitrogen and oxygen atoms in total. The summed E-state index contributed by atoms with van der Waals surface area (Å²) in [6.45, 7) is 5.45. The van der Waals surface area contributed by atoms with Gasteiger partial charge in [0.2, 0.25) is 5.91 Å². The van der Waals surface area contributed by atoms with E-state index < -0.39 is 0 Å². The van der Waals surface area contributed by atoms with Crippen LogP contribution in [0.3, 0.4) is 0 Å². The Morgan fingerprint density at radius 3 is 2.17 bits per heavy atom. The van der Waals surface area contributed by atoms with E-state index in [1.165, 1.54) is 11.1 Å². The molecule has 1 N–H and O–H groups in total. The van der Waals surface area contributed by atoms with Crippen molar-refractivity contribution >= 4 is 5.91 Å². The Hall–Kier alpha value is -2.13. The van der Waals surface area contributed by atoms with E-state index in [1.54, 1.807) is 6.92 Å². The fraction of sp³-hybridized carbons (Fsp3) is 0.381. The summed E-state index contributed by atoms with van der Waals surface area (Å²) >= 11 is 0. The monoisotopic (exact) mass is 322 g/mol. The zero-order chi connectivity index (χ0) is 16.8. The first kappa shape index (κ1) is 16.7. The quantitative estimate of drug-likeness (QED) is 0.915. The maximum absolute atomic E-state index is 11.4. The molecule has 0 bridgehead atoms. The Labute approximate surface area is 144 Å². The number of benzene rings is 2. The van der Waals surface area contributed by atoms with Gasteiger partial charge >= 0.3 is 0 Å². The highest BCUT2D eigenvalue weighted by Crippen LogP contribution is 2.35. The standard InChI is InChI=1S/C21H26N2O/c1-18(24)22-17-21(20-10-6-3-7-11-20)12-14-23(15-13-21)16-19-8-4-2-5-9-19/h2-11H,12-17H2,1H3,(H,22,24). The summed E-state index contributed by atoms with van der Waals surface area (Å²) in [7, 11) is 0. The number of likely N-dealkylation sites (tertiary alicyclic amines) is 1. The van der Waals surface area contributed by atoms with Crippen molar-refractivity contribution in [2.24, 2.45) is 0 Å². The molecule has 0 spiro atoms. The first-order chi connectivity index (χ1) is 11.7. The van der Waals surface area contributed by atoms with Gasteiger partial charge < -0.3 is 5.32 Å². The summed E-state index contributed by atoms with van der Waals surface area (Å²) in [4.78, 5) is 14.0. The van der Waals surface area contributed by atoms with Crippen LogP contribution >= 0.6 is 0 Å². The highest BCUT2D eigenvalue weighted by molar-refractivity contribution is 5.73. The van der Waals surface area contributed by atoms with Gasteiger partial charge in [0.05, 0.1) is 0 Å². The molecule has 3 heteroatoms. The molecule has 2 aromatic rings. The Kier molecular flexibility index (Phi) is 5.31. The zero-order valence-electron chi connectivity index (χ0n) is 14.4. The predicted octanol–water partition coefficient (Wildman–Crippen LogP) is 3.36. The average molecular weight is 322 g/mol. The number of rotatable bonds is 5. The van der Waals surface area contributed by atoms with Gasteiger partial charge in [0.25, 0.3) is 0 Å². The van der Waals surface area contributed by atoms with Crippen LogP contribution in [0.15, 0.2) is 60.7 Å². The fourth-order valence-corrected chi connectivity index (χ4v) is 3.63. The summed E-state index contributed by atoms with van der Waals surface area (Å²) in [6.07, 6.45) is 2.15. The number of nitrogens with one attached hydrogen (secondary N) is 1. The smallest absolute Gasteiger partial charge is 0.216 e. The second-order valence-electron chi connectivity index (χ2n) is 6.82. The minimum atomic E-state index is 0.0528. The van der Waals surface area contributed by atoms with E-state index >= 15 is 0 Å². The normalized spacial score (nSPS) is 17.4. The van der Waals surface area contributed by atoms with E-state index in [1.807, 2.05) is 0 Å². The number of amides is 1. The van der Waals surface area contributed by atoms with Gasteiger partial charge in [-0.15, -0.1) is 0 Å². The minimum Gasteiger partial charge on any atom is -0.355 e. The molecule has 24 heavy (non-hydrogen) atoms. The third kappa shape index (κ3) is 4.04. The lowest BCUT2D eigenvalue weighted by molar-refractivity contribution is -0.119. The van der Waals surface area contributed by atoms with Crippen molar-refractivity contribution in [3.05, 3.63) is 71.8 Å². The summed E-state index contributed by atoms with van der Waals surface area (Å²) in [6, 6.07) is 21.3. The van der Waals surface area contributed by atoms with Crippen LogP contribution in [-0.2, 0) is 16.8 Å². The SMILES string of the molecule is CC(=O)NCC1(c2ccccc2)CCN(Cc2ccccc2)CC1. The van der Waals surface area contributed by atoms with Crippen molar-refractivity contribution in [1.29, 1.82) is 0 Å². The molecule has 0 aliphatic carbocycles. The molecule has 0 saturated carbocycles. The Balaban J connectivity index is 1.69. The summed E-state index contributed by atoms with van der Waals surface area (Å²) in [5, 5.41) is 3.06. The van der Waals surface area contributed by atoms with Gasteiger partial charge in [0.15, 0.2) is 0 Å². The minimum absolute atomic E-state index is 0.0528. The highest BCUT2D eigenvalue weighted by Gasteiger charge is 2.36. The molecule has 1 amide bonds. The van der Waals surface area contributed by atoms with E-state index in [2.05, 4.69) is 70.9 Å². The van der Waals surface area contributed by atoms with Gasteiger partial charge in [0.1, 0.15) is 0 Å². The van der Waals surface area contributed by atoms with E-state index in [4.69, 9.17) is 0 Å². The Bertz CT molecular complexity index is 646. The van der Waals surface area contributed by atoms with Gasteiger partial charge in [-0.1, -0.05) is 60.7 Å². The molecule has 0 radical (unpaired) electrons. The van der Waals surface area contributed by atoms with Crippen LogP contribution in [0.2, 0.25) is 0 Å². The Morgan fingerprint density at radius 1 is 1.00 bits per heavy atom. The molecule has 1 aliphatic rings.